The molecular formula is C12H17N5O. The molecule has 6 nitrogen and oxygen atoms in total. The van der Waals surface area contributed by atoms with Crippen LogP contribution in [0.15, 0.2) is 30.3 Å². The van der Waals surface area contributed by atoms with E-state index in [1.807, 2.05) is 37.3 Å². The molecule has 6 heteroatoms. The summed E-state index contributed by atoms with van der Waals surface area (Å²) in [4.78, 5) is 0. The van der Waals surface area contributed by atoms with Gasteiger partial charge in [-0.2, -0.15) is 0 Å². The Balaban J connectivity index is 1.81. The summed E-state index contributed by atoms with van der Waals surface area (Å²) in [6.07, 6.45) is 0. The lowest BCUT2D eigenvalue weighted by molar-refractivity contribution is 0.287. The summed E-state index contributed by atoms with van der Waals surface area (Å²) in [7, 11) is 0. The average molecular weight is 247 g/mol. The third kappa shape index (κ3) is 3.53. The van der Waals surface area contributed by atoms with Gasteiger partial charge in [0.25, 0.3) is 0 Å². The summed E-state index contributed by atoms with van der Waals surface area (Å²) < 4.78 is 7.36. The Kier molecular flexibility index (Phi) is 4.66. The van der Waals surface area contributed by atoms with Gasteiger partial charge in [0.2, 0.25) is 0 Å². The number of hydrogen-bond donors (Lipinski definition) is 1. The summed E-state index contributed by atoms with van der Waals surface area (Å²) in [5.74, 6) is 1.69. The fraction of sp³-hybridized carbons (Fsp3) is 0.417. The number of nitrogens with one attached hydrogen (secondary N) is 1. The zero-order valence-corrected chi connectivity index (χ0v) is 10.4. The van der Waals surface area contributed by atoms with Crippen LogP contribution >= 0.6 is 0 Å². The van der Waals surface area contributed by atoms with Gasteiger partial charge < -0.3 is 10.1 Å². The molecule has 0 spiro atoms. The van der Waals surface area contributed by atoms with Crippen molar-refractivity contribution >= 4 is 0 Å². The van der Waals surface area contributed by atoms with Crippen LogP contribution in [0, 0.1) is 0 Å². The van der Waals surface area contributed by atoms with E-state index in [0.717, 1.165) is 18.1 Å². The summed E-state index contributed by atoms with van der Waals surface area (Å²) >= 11 is 0. The van der Waals surface area contributed by atoms with Crippen molar-refractivity contribution in [3.63, 3.8) is 0 Å². The number of aromatic nitrogens is 4. The van der Waals surface area contributed by atoms with E-state index in [2.05, 4.69) is 20.8 Å². The van der Waals surface area contributed by atoms with Gasteiger partial charge in [-0.15, -0.1) is 5.10 Å². The van der Waals surface area contributed by atoms with Crippen molar-refractivity contribution in [2.75, 3.05) is 13.2 Å². The van der Waals surface area contributed by atoms with Crippen molar-refractivity contribution in [1.29, 1.82) is 0 Å². The van der Waals surface area contributed by atoms with Crippen molar-refractivity contribution in [2.24, 2.45) is 0 Å². The van der Waals surface area contributed by atoms with Gasteiger partial charge in [-0.05, 0) is 29.1 Å². The highest BCUT2D eigenvalue weighted by Crippen LogP contribution is 2.08. The van der Waals surface area contributed by atoms with E-state index < -0.39 is 0 Å². The van der Waals surface area contributed by atoms with Crippen LogP contribution in [0.1, 0.15) is 12.7 Å². The first-order chi connectivity index (χ1) is 8.90. The van der Waals surface area contributed by atoms with Crippen molar-refractivity contribution in [2.45, 2.75) is 20.0 Å². The Bertz CT molecular complexity index is 457. The summed E-state index contributed by atoms with van der Waals surface area (Å²) in [6, 6.07) is 9.72. The Hall–Kier alpha value is -1.95. The maximum atomic E-state index is 5.60. The van der Waals surface area contributed by atoms with Gasteiger partial charge in [0.05, 0.1) is 13.1 Å². The van der Waals surface area contributed by atoms with Crippen molar-refractivity contribution in [3.8, 4) is 5.75 Å². The van der Waals surface area contributed by atoms with Crippen molar-refractivity contribution < 1.29 is 4.74 Å². The molecule has 2 rings (SSSR count). The molecule has 1 heterocycles. The lowest BCUT2D eigenvalue weighted by Gasteiger charge is -2.07. The molecule has 96 valence electrons. The first-order valence-electron chi connectivity index (χ1n) is 6.03. The number of hydrogen-bond acceptors (Lipinski definition) is 5. The highest BCUT2D eigenvalue weighted by atomic mass is 16.5. The van der Waals surface area contributed by atoms with Crippen molar-refractivity contribution in [1.82, 2.24) is 25.5 Å². The van der Waals surface area contributed by atoms with Crippen LogP contribution < -0.4 is 10.1 Å². The van der Waals surface area contributed by atoms with E-state index >= 15 is 0 Å². The van der Waals surface area contributed by atoms with E-state index in [9.17, 15) is 0 Å². The molecule has 0 aliphatic rings. The molecule has 0 fully saturated rings. The largest absolute Gasteiger partial charge is 0.492 e. The lowest BCUT2D eigenvalue weighted by Crippen LogP contribution is -2.19. The molecule has 0 aliphatic carbocycles. The standard InChI is InChI=1S/C12H17N5O/c1-2-13-10-12-14-15-16-17(12)8-9-18-11-6-4-3-5-7-11/h3-7,13H,2,8-10H2,1H3. The Morgan fingerprint density at radius 3 is 2.89 bits per heavy atom. The van der Waals surface area contributed by atoms with E-state index in [-0.39, 0.29) is 0 Å². The molecule has 18 heavy (non-hydrogen) atoms. The van der Waals surface area contributed by atoms with Gasteiger partial charge >= 0.3 is 0 Å². The molecule has 0 saturated heterocycles. The van der Waals surface area contributed by atoms with Gasteiger partial charge in [-0.25, -0.2) is 4.68 Å². The van der Waals surface area contributed by atoms with Crippen LogP contribution in [0.3, 0.4) is 0 Å². The number of tetrazole rings is 1. The zero-order valence-electron chi connectivity index (χ0n) is 10.4. The molecule has 1 N–H and O–H groups in total. The second kappa shape index (κ2) is 6.70. The van der Waals surface area contributed by atoms with E-state index in [1.54, 1.807) is 4.68 Å². The number of rotatable bonds is 7. The molecule has 2 aromatic rings. The normalized spacial score (nSPS) is 10.5. The van der Waals surface area contributed by atoms with Crippen LogP contribution in [0.2, 0.25) is 0 Å². The molecule has 0 bridgehead atoms. The topological polar surface area (TPSA) is 64.9 Å². The summed E-state index contributed by atoms with van der Waals surface area (Å²) in [5.41, 5.74) is 0. The predicted molar refractivity (Wildman–Crippen MR) is 67.1 cm³/mol. The van der Waals surface area contributed by atoms with Gasteiger partial charge in [-0.1, -0.05) is 25.1 Å². The average Bonchev–Trinajstić information content (AvgIpc) is 2.85. The van der Waals surface area contributed by atoms with Crippen LogP contribution in [0.25, 0.3) is 0 Å². The predicted octanol–water partition coefficient (Wildman–Crippen LogP) is 0.862. The smallest absolute Gasteiger partial charge is 0.165 e. The van der Waals surface area contributed by atoms with Crippen molar-refractivity contribution in [3.05, 3.63) is 36.2 Å². The highest BCUT2D eigenvalue weighted by Gasteiger charge is 2.04. The first kappa shape index (κ1) is 12.5. The number of benzene rings is 1. The summed E-state index contributed by atoms with van der Waals surface area (Å²) in [6.45, 7) is 4.81. The minimum atomic E-state index is 0.550. The molecule has 0 atom stereocenters. The fourth-order valence-electron chi connectivity index (χ4n) is 1.53. The highest BCUT2D eigenvalue weighted by molar-refractivity contribution is 5.20. The van der Waals surface area contributed by atoms with E-state index in [1.165, 1.54) is 0 Å². The molecule has 0 aliphatic heterocycles. The van der Waals surface area contributed by atoms with Gasteiger partial charge in [-0.3, -0.25) is 0 Å². The fourth-order valence-corrected chi connectivity index (χ4v) is 1.53. The molecule has 0 amide bonds. The SMILES string of the molecule is CCNCc1nnnn1CCOc1ccccc1. The minimum absolute atomic E-state index is 0.550. The van der Waals surface area contributed by atoms with Crippen LogP contribution in [0.4, 0.5) is 0 Å². The second-order valence-electron chi connectivity index (χ2n) is 3.76. The number of nitrogens with zero attached hydrogens (tertiary/aromatic N) is 4. The third-order valence-electron chi connectivity index (χ3n) is 2.45. The minimum Gasteiger partial charge on any atom is -0.492 e. The van der Waals surface area contributed by atoms with Crippen LogP contribution in [-0.4, -0.2) is 33.4 Å². The zero-order chi connectivity index (χ0) is 12.6. The number of ether oxygens (including phenoxy) is 1. The maximum absolute atomic E-state index is 5.60. The van der Waals surface area contributed by atoms with Gasteiger partial charge in [0.15, 0.2) is 5.82 Å². The van der Waals surface area contributed by atoms with Crippen LogP contribution in [-0.2, 0) is 13.1 Å². The quantitative estimate of drug-likeness (QED) is 0.786. The molecular weight excluding hydrogens is 230 g/mol. The molecule has 0 radical (unpaired) electrons. The Labute approximate surface area is 106 Å². The first-order valence-corrected chi connectivity index (χ1v) is 6.03. The Morgan fingerprint density at radius 2 is 2.11 bits per heavy atom. The Morgan fingerprint density at radius 1 is 1.28 bits per heavy atom. The number of para-hydroxylation sites is 1. The van der Waals surface area contributed by atoms with Crippen LogP contribution in [0.5, 0.6) is 5.75 Å². The summed E-state index contributed by atoms with van der Waals surface area (Å²) in [5, 5.41) is 14.8. The monoisotopic (exact) mass is 247 g/mol. The van der Waals surface area contributed by atoms with E-state index in [4.69, 9.17) is 4.74 Å². The maximum Gasteiger partial charge on any atom is 0.165 e. The second-order valence-corrected chi connectivity index (χ2v) is 3.76. The molecule has 0 unspecified atom stereocenters. The molecule has 1 aromatic carbocycles. The van der Waals surface area contributed by atoms with Gasteiger partial charge in [0.1, 0.15) is 12.4 Å². The van der Waals surface area contributed by atoms with E-state index in [0.29, 0.717) is 19.7 Å². The van der Waals surface area contributed by atoms with Gasteiger partial charge in [0, 0.05) is 0 Å². The molecule has 1 aromatic heterocycles. The lowest BCUT2D eigenvalue weighted by atomic mass is 10.3. The molecule has 0 saturated carbocycles. The third-order valence-corrected chi connectivity index (χ3v) is 2.45.